The summed E-state index contributed by atoms with van der Waals surface area (Å²) in [7, 11) is -3.69. The van der Waals surface area contributed by atoms with E-state index in [1.54, 1.807) is 6.07 Å². The summed E-state index contributed by atoms with van der Waals surface area (Å²) in [6.45, 7) is 3.00. The number of hydrogen-bond donors (Lipinski definition) is 3. The SMILES string of the molecule is CC(C)(NS(=O)(=O)c1ccc(Br)s1)/C(N)=N/O. The Kier molecular flexibility index (Phi) is 4.18. The van der Waals surface area contributed by atoms with Gasteiger partial charge >= 0.3 is 0 Å². The third kappa shape index (κ3) is 3.41. The number of nitrogens with zero attached hydrogens (tertiary/aromatic N) is 1. The lowest BCUT2D eigenvalue weighted by Crippen LogP contribution is -2.52. The van der Waals surface area contributed by atoms with Crippen molar-refractivity contribution in [3.63, 3.8) is 0 Å². The summed E-state index contributed by atoms with van der Waals surface area (Å²) in [5.41, 5.74) is 4.25. The minimum absolute atomic E-state index is 0.156. The molecular formula is C8H12BrN3O3S2. The first-order valence-electron chi connectivity index (χ1n) is 4.46. The van der Waals surface area contributed by atoms with Crippen molar-refractivity contribution >= 4 is 43.1 Å². The Morgan fingerprint density at radius 1 is 1.59 bits per heavy atom. The van der Waals surface area contributed by atoms with Crippen LogP contribution in [0.4, 0.5) is 0 Å². The minimum Gasteiger partial charge on any atom is -0.409 e. The summed E-state index contributed by atoms with van der Waals surface area (Å²) in [4.78, 5) is 0. The van der Waals surface area contributed by atoms with Crippen LogP contribution in [0.5, 0.6) is 0 Å². The van der Waals surface area contributed by atoms with E-state index in [9.17, 15) is 8.42 Å². The molecule has 9 heteroatoms. The van der Waals surface area contributed by atoms with Crippen LogP contribution in [-0.2, 0) is 10.0 Å². The van der Waals surface area contributed by atoms with Crippen LogP contribution in [0.25, 0.3) is 0 Å². The molecule has 96 valence electrons. The molecule has 0 spiro atoms. The van der Waals surface area contributed by atoms with E-state index in [2.05, 4.69) is 25.8 Å². The fourth-order valence-corrected chi connectivity index (χ4v) is 4.40. The van der Waals surface area contributed by atoms with Crippen molar-refractivity contribution in [2.24, 2.45) is 10.9 Å². The molecule has 4 N–H and O–H groups in total. The maximum Gasteiger partial charge on any atom is 0.250 e. The predicted molar refractivity (Wildman–Crippen MR) is 69.8 cm³/mol. The fraction of sp³-hybridized carbons (Fsp3) is 0.375. The number of nitrogens with one attached hydrogen (secondary N) is 1. The van der Waals surface area contributed by atoms with Gasteiger partial charge in [0.2, 0.25) is 0 Å². The van der Waals surface area contributed by atoms with Crippen molar-refractivity contribution in [2.45, 2.75) is 23.6 Å². The average molecular weight is 342 g/mol. The third-order valence-electron chi connectivity index (χ3n) is 1.95. The number of hydrogen-bond acceptors (Lipinski definition) is 5. The molecule has 6 nitrogen and oxygen atoms in total. The van der Waals surface area contributed by atoms with Crippen molar-refractivity contribution < 1.29 is 13.6 Å². The van der Waals surface area contributed by atoms with Crippen molar-refractivity contribution in [1.29, 1.82) is 0 Å². The second-order valence-corrected chi connectivity index (χ2v) is 8.15. The van der Waals surface area contributed by atoms with Gasteiger partial charge in [-0.05, 0) is 41.9 Å². The number of rotatable bonds is 4. The van der Waals surface area contributed by atoms with E-state index in [1.807, 2.05) is 0 Å². The van der Waals surface area contributed by atoms with E-state index in [4.69, 9.17) is 10.9 Å². The fourth-order valence-electron chi connectivity index (χ4n) is 1.01. The molecule has 0 fully saturated rings. The number of thiophene rings is 1. The van der Waals surface area contributed by atoms with Crippen LogP contribution in [0.2, 0.25) is 0 Å². The van der Waals surface area contributed by atoms with E-state index in [-0.39, 0.29) is 10.0 Å². The number of oxime groups is 1. The molecule has 17 heavy (non-hydrogen) atoms. The Bertz CT molecular complexity index is 536. The summed E-state index contributed by atoms with van der Waals surface area (Å²) in [6.07, 6.45) is 0. The van der Waals surface area contributed by atoms with Crippen LogP contribution in [0, 0.1) is 0 Å². The number of sulfonamides is 1. The molecule has 0 atom stereocenters. The Hall–Kier alpha value is -0.640. The van der Waals surface area contributed by atoms with Gasteiger partial charge < -0.3 is 10.9 Å². The van der Waals surface area contributed by atoms with E-state index < -0.39 is 15.6 Å². The number of nitrogens with two attached hydrogens (primary N) is 1. The van der Waals surface area contributed by atoms with Crippen LogP contribution in [0.3, 0.4) is 0 Å². The maximum atomic E-state index is 12.0. The summed E-state index contributed by atoms with van der Waals surface area (Å²) in [5.74, 6) is -0.211. The number of amidine groups is 1. The largest absolute Gasteiger partial charge is 0.409 e. The molecule has 1 aromatic heterocycles. The highest BCUT2D eigenvalue weighted by atomic mass is 79.9. The van der Waals surface area contributed by atoms with E-state index >= 15 is 0 Å². The monoisotopic (exact) mass is 341 g/mol. The van der Waals surface area contributed by atoms with Crippen molar-refractivity contribution in [1.82, 2.24) is 4.72 Å². The Morgan fingerprint density at radius 3 is 2.59 bits per heavy atom. The molecule has 1 aromatic rings. The quantitative estimate of drug-likeness (QED) is 0.332. The molecule has 0 aromatic carbocycles. The topological polar surface area (TPSA) is 105 Å². The Labute approximate surface area is 112 Å². The lowest BCUT2D eigenvalue weighted by Gasteiger charge is -2.23. The van der Waals surface area contributed by atoms with Crippen LogP contribution < -0.4 is 10.5 Å². The normalized spacial score (nSPS) is 13.9. The van der Waals surface area contributed by atoms with E-state index in [1.165, 1.54) is 19.9 Å². The molecule has 1 heterocycles. The summed E-state index contributed by atoms with van der Waals surface area (Å²) in [6, 6.07) is 3.11. The Balaban J connectivity index is 3.03. The van der Waals surface area contributed by atoms with Gasteiger partial charge in [0.05, 0.1) is 9.33 Å². The summed E-state index contributed by atoms with van der Waals surface area (Å²) < 4.78 is 27.2. The molecule has 0 saturated carbocycles. The standard InChI is InChI=1S/C8H12BrN3O3S2/c1-8(2,7(10)11-13)12-17(14,15)6-4-3-5(9)16-6/h3-4,12-13H,1-2H3,(H2,10,11). The zero-order chi connectivity index (χ0) is 13.3. The van der Waals surface area contributed by atoms with Crippen LogP contribution >= 0.6 is 27.3 Å². The highest BCUT2D eigenvalue weighted by molar-refractivity contribution is 9.11. The van der Waals surface area contributed by atoms with Crippen molar-refractivity contribution in [2.75, 3.05) is 0 Å². The molecule has 0 unspecified atom stereocenters. The zero-order valence-electron chi connectivity index (χ0n) is 9.14. The minimum atomic E-state index is -3.69. The molecule has 0 aliphatic carbocycles. The van der Waals surface area contributed by atoms with Crippen LogP contribution in [0.1, 0.15) is 13.8 Å². The highest BCUT2D eigenvalue weighted by Crippen LogP contribution is 2.26. The van der Waals surface area contributed by atoms with Gasteiger partial charge in [-0.25, -0.2) is 8.42 Å². The molecule has 0 bridgehead atoms. The second kappa shape index (κ2) is 4.92. The molecule has 0 aliphatic rings. The smallest absolute Gasteiger partial charge is 0.250 e. The predicted octanol–water partition coefficient (Wildman–Crippen LogP) is 1.31. The van der Waals surface area contributed by atoms with Crippen LogP contribution in [0.15, 0.2) is 25.3 Å². The van der Waals surface area contributed by atoms with Crippen molar-refractivity contribution in [3.05, 3.63) is 15.9 Å². The van der Waals surface area contributed by atoms with Gasteiger partial charge in [0.15, 0.2) is 5.84 Å². The van der Waals surface area contributed by atoms with E-state index in [0.29, 0.717) is 3.79 Å². The van der Waals surface area contributed by atoms with Crippen LogP contribution in [-0.4, -0.2) is 25.0 Å². The summed E-state index contributed by atoms with van der Waals surface area (Å²) >= 11 is 4.26. The van der Waals surface area contributed by atoms with Gasteiger partial charge in [-0.1, -0.05) is 5.16 Å². The first kappa shape index (κ1) is 14.4. The average Bonchev–Trinajstić information content (AvgIpc) is 2.62. The lowest BCUT2D eigenvalue weighted by atomic mass is 10.1. The molecule has 0 aliphatic heterocycles. The molecule has 0 saturated heterocycles. The van der Waals surface area contributed by atoms with Gasteiger partial charge in [-0.2, -0.15) is 4.72 Å². The second-order valence-electron chi connectivity index (χ2n) is 3.77. The third-order valence-corrected chi connectivity index (χ3v) is 5.72. The van der Waals surface area contributed by atoms with Gasteiger partial charge in [-0.3, -0.25) is 0 Å². The molecule has 0 radical (unpaired) electrons. The Morgan fingerprint density at radius 2 is 2.18 bits per heavy atom. The molecule has 1 rings (SSSR count). The van der Waals surface area contributed by atoms with Gasteiger partial charge in [-0.15, -0.1) is 11.3 Å². The van der Waals surface area contributed by atoms with Gasteiger partial charge in [0, 0.05) is 0 Å². The van der Waals surface area contributed by atoms with Gasteiger partial charge in [0.25, 0.3) is 10.0 Å². The first-order valence-corrected chi connectivity index (χ1v) is 7.55. The molecular weight excluding hydrogens is 330 g/mol. The van der Waals surface area contributed by atoms with Gasteiger partial charge in [0.1, 0.15) is 4.21 Å². The number of halogens is 1. The van der Waals surface area contributed by atoms with Crippen molar-refractivity contribution in [3.8, 4) is 0 Å². The molecule has 0 amide bonds. The zero-order valence-corrected chi connectivity index (χ0v) is 12.4. The van der Waals surface area contributed by atoms with E-state index in [0.717, 1.165) is 11.3 Å². The highest BCUT2D eigenvalue weighted by Gasteiger charge is 2.31. The summed E-state index contributed by atoms with van der Waals surface area (Å²) in [5, 5.41) is 11.4. The first-order chi connectivity index (χ1) is 7.69. The lowest BCUT2D eigenvalue weighted by molar-refractivity contribution is 0.312. The maximum absolute atomic E-state index is 12.0.